The number of hydrogen-bond acceptors (Lipinski definition) is 5. The highest BCUT2D eigenvalue weighted by Gasteiger charge is 2.14. The van der Waals surface area contributed by atoms with Crippen LogP contribution in [-0.2, 0) is 0 Å². The van der Waals surface area contributed by atoms with Crippen LogP contribution >= 0.6 is 11.8 Å². The fraction of sp³-hybridized carbons (Fsp3) is 0.0625. The Morgan fingerprint density at radius 3 is 3.00 bits per heavy atom. The predicted octanol–water partition coefficient (Wildman–Crippen LogP) is 3.36. The highest BCUT2D eigenvalue weighted by atomic mass is 32.2. The Morgan fingerprint density at radius 1 is 1.30 bits per heavy atom. The lowest BCUT2D eigenvalue weighted by molar-refractivity contribution is 0.556. The monoisotopic (exact) mass is 327 g/mol. The van der Waals surface area contributed by atoms with E-state index in [4.69, 9.17) is 4.42 Å². The Labute approximate surface area is 133 Å². The van der Waals surface area contributed by atoms with Crippen molar-refractivity contribution in [1.29, 1.82) is 0 Å². The molecule has 7 heteroatoms. The van der Waals surface area contributed by atoms with Crippen LogP contribution in [0.4, 0.5) is 4.39 Å². The van der Waals surface area contributed by atoms with Crippen molar-refractivity contribution in [3.63, 3.8) is 0 Å². The lowest BCUT2D eigenvalue weighted by Gasteiger charge is -1.99. The summed E-state index contributed by atoms with van der Waals surface area (Å²) in [4.78, 5) is 21.0. The van der Waals surface area contributed by atoms with E-state index in [0.29, 0.717) is 22.3 Å². The van der Waals surface area contributed by atoms with Crippen molar-refractivity contribution < 1.29 is 8.81 Å². The normalized spacial score (nSPS) is 11.4. The smallest absolute Gasteiger partial charge is 0.345 e. The Hall–Kier alpha value is -2.67. The van der Waals surface area contributed by atoms with E-state index in [1.807, 2.05) is 10.7 Å². The predicted molar refractivity (Wildman–Crippen MR) is 86.2 cm³/mol. The van der Waals surface area contributed by atoms with Gasteiger partial charge in [0.1, 0.15) is 16.4 Å². The minimum absolute atomic E-state index is 0.217. The molecule has 0 spiro atoms. The summed E-state index contributed by atoms with van der Waals surface area (Å²) in [5.74, 6) is -0.447. The molecular formula is C16H10FN3O2S. The molecule has 0 radical (unpaired) electrons. The average molecular weight is 327 g/mol. The van der Waals surface area contributed by atoms with Gasteiger partial charge in [0.05, 0.1) is 11.3 Å². The van der Waals surface area contributed by atoms with E-state index in [2.05, 4.69) is 9.97 Å². The van der Waals surface area contributed by atoms with Crippen LogP contribution < -0.4 is 5.63 Å². The van der Waals surface area contributed by atoms with E-state index >= 15 is 0 Å². The first-order valence-corrected chi connectivity index (χ1v) is 7.99. The Bertz CT molecular complexity index is 1100. The number of thioether (sulfide) groups is 1. The summed E-state index contributed by atoms with van der Waals surface area (Å²) in [7, 11) is 0. The zero-order chi connectivity index (χ0) is 16.0. The van der Waals surface area contributed by atoms with E-state index in [1.165, 1.54) is 23.9 Å². The van der Waals surface area contributed by atoms with Gasteiger partial charge in [0, 0.05) is 30.0 Å². The minimum Gasteiger partial charge on any atom is -0.422 e. The summed E-state index contributed by atoms with van der Waals surface area (Å²) < 4.78 is 20.3. The number of rotatable bonds is 2. The van der Waals surface area contributed by atoms with Crippen molar-refractivity contribution in [1.82, 2.24) is 14.4 Å². The fourth-order valence-electron chi connectivity index (χ4n) is 2.43. The molecule has 0 unspecified atom stereocenters. The Balaban J connectivity index is 1.97. The summed E-state index contributed by atoms with van der Waals surface area (Å²) in [5.41, 5.74) is 1.17. The molecule has 3 aromatic heterocycles. The van der Waals surface area contributed by atoms with Crippen LogP contribution in [0.25, 0.3) is 27.9 Å². The lowest BCUT2D eigenvalue weighted by Crippen LogP contribution is -2.02. The van der Waals surface area contributed by atoms with Crippen LogP contribution in [0, 0.1) is 5.82 Å². The molecule has 0 saturated carbocycles. The molecule has 0 aliphatic heterocycles. The fourth-order valence-corrected chi connectivity index (χ4v) is 2.93. The molecule has 114 valence electrons. The second-order valence-electron chi connectivity index (χ2n) is 4.92. The molecule has 0 aliphatic carbocycles. The van der Waals surface area contributed by atoms with Gasteiger partial charge in [0.2, 0.25) is 0 Å². The maximum atomic E-state index is 13.2. The summed E-state index contributed by atoms with van der Waals surface area (Å²) in [6, 6.07) is 5.75. The molecule has 0 amide bonds. The second-order valence-corrected chi connectivity index (χ2v) is 5.72. The molecular weight excluding hydrogens is 317 g/mol. The molecule has 0 bridgehead atoms. The number of imidazole rings is 1. The van der Waals surface area contributed by atoms with Gasteiger partial charge in [0.25, 0.3) is 0 Å². The molecule has 0 N–H and O–H groups in total. The third kappa shape index (κ3) is 2.29. The zero-order valence-corrected chi connectivity index (χ0v) is 12.8. The van der Waals surface area contributed by atoms with Crippen molar-refractivity contribution in [2.45, 2.75) is 5.03 Å². The molecule has 23 heavy (non-hydrogen) atoms. The van der Waals surface area contributed by atoms with Gasteiger partial charge < -0.3 is 8.82 Å². The third-order valence-corrected chi connectivity index (χ3v) is 4.18. The Kier molecular flexibility index (Phi) is 3.16. The first kappa shape index (κ1) is 14.0. The van der Waals surface area contributed by atoms with Gasteiger partial charge in [-0.3, -0.25) is 0 Å². The second kappa shape index (κ2) is 5.20. The van der Waals surface area contributed by atoms with E-state index < -0.39 is 11.4 Å². The third-order valence-electron chi connectivity index (χ3n) is 3.51. The van der Waals surface area contributed by atoms with Crippen LogP contribution in [0.1, 0.15) is 0 Å². The van der Waals surface area contributed by atoms with E-state index in [0.717, 1.165) is 5.03 Å². The molecule has 4 aromatic rings. The van der Waals surface area contributed by atoms with Crippen molar-refractivity contribution >= 4 is 28.4 Å². The number of hydrogen-bond donors (Lipinski definition) is 0. The number of halogens is 1. The minimum atomic E-state index is -0.551. The highest BCUT2D eigenvalue weighted by Crippen LogP contribution is 2.24. The largest absolute Gasteiger partial charge is 0.422 e. The van der Waals surface area contributed by atoms with Crippen molar-refractivity contribution in [2.75, 3.05) is 6.26 Å². The van der Waals surface area contributed by atoms with Crippen molar-refractivity contribution in [2.24, 2.45) is 0 Å². The van der Waals surface area contributed by atoms with Crippen molar-refractivity contribution in [3.8, 4) is 11.3 Å². The average Bonchev–Trinajstić information content (AvgIpc) is 2.97. The van der Waals surface area contributed by atoms with E-state index in [-0.39, 0.29) is 5.58 Å². The number of aromatic nitrogens is 3. The van der Waals surface area contributed by atoms with Crippen LogP contribution in [0.5, 0.6) is 0 Å². The summed E-state index contributed by atoms with van der Waals surface area (Å²) in [6.45, 7) is 0. The Morgan fingerprint density at radius 2 is 2.17 bits per heavy atom. The molecule has 0 atom stereocenters. The first-order chi connectivity index (χ1) is 11.2. The molecule has 0 saturated heterocycles. The van der Waals surface area contributed by atoms with Gasteiger partial charge in [-0.2, -0.15) is 0 Å². The summed E-state index contributed by atoms with van der Waals surface area (Å²) in [6.07, 6.45) is 7.10. The van der Waals surface area contributed by atoms with Crippen LogP contribution in [0.3, 0.4) is 0 Å². The van der Waals surface area contributed by atoms with Gasteiger partial charge in [0.15, 0.2) is 5.65 Å². The zero-order valence-electron chi connectivity index (χ0n) is 12.0. The maximum Gasteiger partial charge on any atom is 0.345 e. The molecule has 1 aromatic carbocycles. The SMILES string of the molecule is CSc1nccn2cc(-c3cc4ccc(F)cc4oc3=O)nc12. The number of fused-ring (bicyclic) bond motifs is 2. The van der Waals surface area contributed by atoms with Crippen LogP contribution in [-0.4, -0.2) is 20.6 Å². The highest BCUT2D eigenvalue weighted by molar-refractivity contribution is 7.98. The maximum absolute atomic E-state index is 13.2. The first-order valence-electron chi connectivity index (χ1n) is 6.77. The van der Waals surface area contributed by atoms with Gasteiger partial charge >= 0.3 is 5.63 Å². The summed E-state index contributed by atoms with van der Waals surface area (Å²) in [5, 5.41) is 1.41. The summed E-state index contributed by atoms with van der Waals surface area (Å²) >= 11 is 1.48. The lowest BCUT2D eigenvalue weighted by atomic mass is 10.1. The van der Waals surface area contributed by atoms with Crippen LogP contribution in [0.2, 0.25) is 0 Å². The van der Waals surface area contributed by atoms with E-state index in [9.17, 15) is 9.18 Å². The van der Waals surface area contributed by atoms with E-state index in [1.54, 1.807) is 30.7 Å². The van der Waals surface area contributed by atoms with Crippen molar-refractivity contribution in [3.05, 3.63) is 59.1 Å². The van der Waals surface area contributed by atoms with Gasteiger partial charge in [-0.05, 0) is 24.5 Å². The molecule has 5 nitrogen and oxygen atoms in total. The molecule has 4 rings (SSSR count). The molecule has 0 fully saturated rings. The van der Waals surface area contributed by atoms with Gasteiger partial charge in [-0.25, -0.2) is 19.2 Å². The standard InChI is InChI=1S/C16H10FN3O2S/c1-23-15-14-19-12(8-20(14)5-4-18-15)11-6-9-2-3-10(17)7-13(9)22-16(11)21/h2-8H,1H3. The van der Waals surface area contributed by atoms with Gasteiger partial charge in [-0.1, -0.05) is 0 Å². The number of benzene rings is 1. The topological polar surface area (TPSA) is 60.4 Å². The molecule has 0 aliphatic rings. The quantitative estimate of drug-likeness (QED) is 0.417. The molecule has 3 heterocycles. The van der Waals surface area contributed by atoms with Crippen LogP contribution in [0.15, 0.2) is 57.1 Å². The number of nitrogens with zero attached hydrogens (tertiary/aromatic N) is 3. The van der Waals surface area contributed by atoms with Gasteiger partial charge in [-0.15, -0.1) is 11.8 Å².